The van der Waals surface area contributed by atoms with Gasteiger partial charge in [-0.3, -0.25) is 4.79 Å². The van der Waals surface area contributed by atoms with E-state index in [-0.39, 0.29) is 5.92 Å². The summed E-state index contributed by atoms with van der Waals surface area (Å²) < 4.78 is 0. The van der Waals surface area contributed by atoms with E-state index < -0.39 is 5.97 Å². The van der Waals surface area contributed by atoms with E-state index in [9.17, 15) is 4.79 Å². The first-order chi connectivity index (χ1) is 5.77. The molecular formula is C7H8N2O2S. The van der Waals surface area contributed by atoms with Crippen molar-refractivity contribution in [2.75, 3.05) is 18.0 Å². The molecule has 0 bridgehead atoms. The van der Waals surface area contributed by atoms with Crippen molar-refractivity contribution in [2.45, 2.75) is 0 Å². The van der Waals surface area contributed by atoms with Gasteiger partial charge in [-0.05, 0) is 0 Å². The number of carboxylic acid groups (broad SMARTS) is 1. The van der Waals surface area contributed by atoms with Crippen LogP contribution in [0.3, 0.4) is 0 Å². The molecule has 0 spiro atoms. The summed E-state index contributed by atoms with van der Waals surface area (Å²) in [4.78, 5) is 16.5. The Morgan fingerprint density at radius 2 is 2.50 bits per heavy atom. The van der Waals surface area contributed by atoms with Crippen LogP contribution in [0.5, 0.6) is 0 Å². The highest BCUT2D eigenvalue weighted by atomic mass is 32.1. The Morgan fingerprint density at radius 1 is 1.75 bits per heavy atom. The van der Waals surface area contributed by atoms with Gasteiger partial charge in [0.25, 0.3) is 0 Å². The summed E-state index contributed by atoms with van der Waals surface area (Å²) >= 11 is 1.54. The molecule has 0 radical (unpaired) electrons. The highest BCUT2D eigenvalue weighted by molar-refractivity contribution is 7.13. The van der Waals surface area contributed by atoms with Crippen LogP contribution >= 0.6 is 11.3 Å². The number of anilines is 1. The van der Waals surface area contributed by atoms with Crippen LogP contribution in [-0.2, 0) is 4.79 Å². The fourth-order valence-corrected chi connectivity index (χ4v) is 1.83. The maximum Gasteiger partial charge on any atom is 0.310 e. The van der Waals surface area contributed by atoms with Gasteiger partial charge in [-0.25, -0.2) is 4.98 Å². The Balaban J connectivity index is 1.94. The van der Waals surface area contributed by atoms with Crippen LogP contribution in [0.2, 0.25) is 0 Å². The van der Waals surface area contributed by atoms with Crippen LogP contribution in [0.4, 0.5) is 5.13 Å². The molecule has 0 aliphatic carbocycles. The first-order valence-corrected chi connectivity index (χ1v) is 4.52. The third kappa shape index (κ3) is 1.16. The van der Waals surface area contributed by atoms with Gasteiger partial charge >= 0.3 is 5.97 Å². The molecule has 1 aliphatic rings. The van der Waals surface area contributed by atoms with Gasteiger partial charge in [0.2, 0.25) is 0 Å². The fourth-order valence-electron chi connectivity index (χ4n) is 1.16. The van der Waals surface area contributed by atoms with E-state index in [1.165, 1.54) is 0 Å². The second kappa shape index (κ2) is 2.75. The molecule has 1 fully saturated rings. The summed E-state index contributed by atoms with van der Waals surface area (Å²) in [6.45, 7) is 1.20. The van der Waals surface area contributed by atoms with Gasteiger partial charge in [0.05, 0.1) is 5.92 Å². The maximum atomic E-state index is 10.5. The molecule has 64 valence electrons. The number of carbonyl (C=O) groups is 1. The standard InChI is InChI=1S/C7H8N2O2S/c10-6(11)5-3-9(4-5)7-8-1-2-12-7/h1-2,5H,3-4H2,(H,10,11). The molecule has 4 nitrogen and oxygen atoms in total. The molecule has 0 amide bonds. The summed E-state index contributed by atoms with van der Waals surface area (Å²) in [7, 11) is 0. The lowest BCUT2D eigenvalue weighted by atomic mass is 10.0. The Bertz CT molecular complexity index is 280. The largest absolute Gasteiger partial charge is 0.481 e. The SMILES string of the molecule is O=C(O)C1CN(c2nccs2)C1. The predicted molar refractivity (Wildman–Crippen MR) is 45.5 cm³/mol. The minimum atomic E-state index is -0.706. The van der Waals surface area contributed by atoms with Gasteiger partial charge in [-0.1, -0.05) is 0 Å². The molecule has 1 N–H and O–H groups in total. The zero-order valence-corrected chi connectivity index (χ0v) is 7.12. The number of aliphatic carboxylic acids is 1. The van der Waals surface area contributed by atoms with Gasteiger partial charge < -0.3 is 10.0 Å². The van der Waals surface area contributed by atoms with E-state index in [1.807, 2.05) is 10.3 Å². The zero-order valence-electron chi connectivity index (χ0n) is 6.30. The third-order valence-corrected chi connectivity index (χ3v) is 2.75. The van der Waals surface area contributed by atoms with Crippen LogP contribution in [0.25, 0.3) is 0 Å². The number of hydrogen-bond donors (Lipinski definition) is 1. The van der Waals surface area contributed by atoms with Crippen molar-refractivity contribution in [3.8, 4) is 0 Å². The first kappa shape index (κ1) is 7.54. The molecular weight excluding hydrogens is 176 g/mol. The number of carboxylic acids is 1. The maximum absolute atomic E-state index is 10.5. The Kier molecular flexibility index (Phi) is 1.73. The lowest BCUT2D eigenvalue weighted by molar-refractivity contribution is -0.142. The van der Waals surface area contributed by atoms with Gasteiger partial charge in [-0.15, -0.1) is 11.3 Å². The van der Waals surface area contributed by atoms with Crippen LogP contribution in [0, 0.1) is 5.92 Å². The van der Waals surface area contributed by atoms with Crippen molar-refractivity contribution >= 4 is 22.4 Å². The number of nitrogens with zero attached hydrogens (tertiary/aromatic N) is 2. The van der Waals surface area contributed by atoms with Gasteiger partial charge in [0.1, 0.15) is 0 Å². The van der Waals surface area contributed by atoms with Crippen LogP contribution in [0.15, 0.2) is 11.6 Å². The first-order valence-electron chi connectivity index (χ1n) is 3.64. The normalized spacial score (nSPS) is 17.5. The van der Waals surface area contributed by atoms with Gasteiger partial charge in [-0.2, -0.15) is 0 Å². The smallest absolute Gasteiger partial charge is 0.310 e. The second-order valence-electron chi connectivity index (χ2n) is 2.75. The van der Waals surface area contributed by atoms with E-state index in [0.717, 1.165) is 5.13 Å². The van der Waals surface area contributed by atoms with E-state index in [4.69, 9.17) is 5.11 Å². The van der Waals surface area contributed by atoms with E-state index in [0.29, 0.717) is 13.1 Å². The van der Waals surface area contributed by atoms with Gasteiger partial charge in [0.15, 0.2) is 5.13 Å². The third-order valence-electron chi connectivity index (χ3n) is 1.92. The molecule has 1 saturated heterocycles. The lowest BCUT2D eigenvalue weighted by Crippen LogP contribution is -2.50. The molecule has 0 atom stereocenters. The molecule has 0 aromatic carbocycles. The topological polar surface area (TPSA) is 53.4 Å². The number of rotatable bonds is 2. The fraction of sp³-hybridized carbons (Fsp3) is 0.429. The molecule has 1 aliphatic heterocycles. The summed E-state index contributed by atoms with van der Waals surface area (Å²) in [6.07, 6.45) is 1.73. The van der Waals surface area contributed by atoms with Crippen molar-refractivity contribution in [3.63, 3.8) is 0 Å². The van der Waals surface area contributed by atoms with Crippen LogP contribution in [0.1, 0.15) is 0 Å². The molecule has 0 unspecified atom stereocenters. The average molecular weight is 184 g/mol. The van der Waals surface area contributed by atoms with Crippen molar-refractivity contribution in [1.82, 2.24) is 4.98 Å². The molecule has 2 heterocycles. The van der Waals surface area contributed by atoms with E-state index >= 15 is 0 Å². The number of hydrogen-bond acceptors (Lipinski definition) is 4. The second-order valence-corrected chi connectivity index (χ2v) is 3.63. The summed E-state index contributed by atoms with van der Waals surface area (Å²) in [5.74, 6) is -0.906. The quantitative estimate of drug-likeness (QED) is 0.733. The zero-order chi connectivity index (χ0) is 8.55. The van der Waals surface area contributed by atoms with E-state index in [1.54, 1.807) is 17.5 Å². The van der Waals surface area contributed by atoms with Crippen molar-refractivity contribution in [2.24, 2.45) is 5.92 Å². The summed E-state index contributed by atoms with van der Waals surface area (Å²) in [6, 6.07) is 0. The number of aromatic nitrogens is 1. The van der Waals surface area contributed by atoms with Crippen molar-refractivity contribution in [1.29, 1.82) is 0 Å². The molecule has 2 rings (SSSR count). The molecule has 1 aromatic heterocycles. The summed E-state index contributed by atoms with van der Waals surface area (Å²) in [5.41, 5.74) is 0. The van der Waals surface area contributed by atoms with Crippen LogP contribution in [-0.4, -0.2) is 29.1 Å². The monoisotopic (exact) mass is 184 g/mol. The van der Waals surface area contributed by atoms with Crippen molar-refractivity contribution in [3.05, 3.63) is 11.6 Å². The van der Waals surface area contributed by atoms with Gasteiger partial charge in [0, 0.05) is 24.7 Å². The average Bonchev–Trinajstić information content (AvgIpc) is 2.34. The highest BCUT2D eigenvalue weighted by Gasteiger charge is 2.33. The highest BCUT2D eigenvalue weighted by Crippen LogP contribution is 2.25. The Hall–Kier alpha value is -1.10. The van der Waals surface area contributed by atoms with E-state index in [2.05, 4.69) is 4.98 Å². The molecule has 1 aromatic rings. The minimum absolute atomic E-state index is 0.200. The molecule has 5 heteroatoms. The Morgan fingerprint density at radius 3 is 3.00 bits per heavy atom. The summed E-state index contributed by atoms with van der Waals surface area (Å²) in [5, 5.41) is 11.4. The number of thiazole rings is 1. The molecule has 12 heavy (non-hydrogen) atoms. The predicted octanol–water partition coefficient (Wildman–Crippen LogP) is 0.664. The van der Waals surface area contributed by atoms with Crippen molar-refractivity contribution < 1.29 is 9.90 Å². The Labute approximate surface area is 73.5 Å². The van der Waals surface area contributed by atoms with Crippen LogP contribution < -0.4 is 4.90 Å². The minimum Gasteiger partial charge on any atom is -0.481 e. The molecule has 0 saturated carbocycles. The lowest BCUT2D eigenvalue weighted by Gasteiger charge is -2.36.